The van der Waals surface area contributed by atoms with Crippen LogP contribution in [0.3, 0.4) is 0 Å². The van der Waals surface area contributed by atoms with Crippen molar-refractivity contribution in [2.75, 3.05) is 9.80 Å². The van der Waals surface area contributed by atoms with E-state index in [1.165, 1.54) is 109 Å². The molecule has 0 saturated heterocycles. The van der Waals surface area contributed by atoms with Gasteiger partial charge in [-0.2, -0.15) is 0 Å². The fourth-order valence-corrected chi connectivity index (χ4v) is 13.4. The molecule has 0 N–H and O–H groups in total. The molecule has 0 bridgehead atoms. The van der Waals surface area contributed by atoms with E-state index in [2.05, 4.69) is 312 Å². The van der Waals surface area contributed by atoms with Crippen molar-refractivity contribution in [1.82, 2.24) is 9.13 Å². The SMILES string of the molecule is Cc1cc(-c2ccc3c(c2)sc2cc(-c4ccc(-n5c6ccccc6c6cc(N(c7ccccc7)c7ccccc7)ccc65)c(C)c4)ccc23)ccc1-n1c2ccccc2c2cc(N(c3ccccc3)c3ccccc3)ccc21. The van der Waals surface area contributed by atoms with Crippen molar-refractivity contribution in [1.29, 1.82) is 0 Å². The predicted octanol–water partition coefficient (Wildman–Crippen LogP) is 21.1. The summed E-state index contributed by atoms with van der Waals surface area (Å²) in [6.07, 6.45) is 0. The molecule has 15 aromatic rings. The molecule has 0 aliphatic carbocycles. The molecule has 0 saturated carbocycles. The molecule has 0 amide bonds. The van der Waals surface area contributed by atoms with Crippen molar-refractivity contribution in [2.45, 2.75) is 13.8 Å². The molecule has 0 aliphatic heterocycles. The van der Waals surface area contributed by atoms with Crippen LogP contribution in [-0.2, 0) is 0 Å². The zero-order valence-corrected chi connectivity index (χ0v) is 44.6. The van der Waals surface area contributed by atoms with Crippen LogP contribution in [0.4, 0.5) is 34.1 Å². The summed E-state index contributed by atoms with van der Waals surface area (Å²) in [5.41, 5.74) is 21.2. The smallest absolute Gasteiger partial charge is 0.0542 e. The first-order valence-electron chi connectivity index (χ1n) is 27.1. The van der Waals surface area contributed by atoms with E-state index in [-0.39, 0.29) is 0 Å². The summed E-state index contributed by atoms with van der Waals surface area (Å²) in [5, 5.41) is 7.51. The van der Waals surface area contributed by atoms with Gasteiger partial charge in [-0.05, 0) is 181 Å². The van der Waals surface area contributed by atoms with Gasteiger partial charge in [0.05, 0.1) is 22.1 Å². The van der Waals surface area contributed by atoms with Gasteiger partial charge in [0.2, 0.25) is 0 Å². The lowest BCUT2D eigenvalue weighted by atomic mass is 9.99. The Morgan fingerprint density at radius 3 is 0.962 bits per heavy atom. The van der Waals surface area contributed by atoms with E-state index in [9.17, 15) is 0 Å². The number of hydrogen-bond acceptors (Lipinski definition) is 3. The Labute approximate surface area is 463 Å². The van der Waals surface area contributed by atoms with E-state index in [4.69, 9.17) is 0 Å². The largest absolute Gasteiger partial charge is 0.310 e. The topological polar surface area (TPSA) is 16.3 Å². The molecule has 4 nitrogen and oxygen atoms in total. The van der Waals surface area contributed by atoms with Crippen LogP contribution >= 0.6 is 11.3 Å². The van der Waals surface area contributed by atoms with Crippen molar-refractivity contribution in [3.63, 3.8) is 0 Å². The van der Waals surface area contributed by atoms with Crippen LogP contribution < -0.4 is 9.80 Å². The third-order valence-corrected chi connectivity index (χ3v) is 17.0. The molecule has 0 unspecified atom stereocenters. The molecule has 0 aliphatic rings. The molecule has 0 atom stereocenters. The minimum absolute atomic E-state index is 1.12. The van der Waals surface area contributed by atoms with Gasteiger partial charge in [-0.25, -0.2) is 0 Å². The highest BCUT2D eigenvalue weighted by atomic mass is 32.1. The van der Waals surface area contributed by atoms with E-state index in [1.54, 1.807) is 0 Å². The van der Waals surface area contributed by atoms with E-state index in [1.807, 2.05) is 11.3 Å². The molecule has 3 aromatic heterocycles. The summed E-state index contributed by atoms with van der Waals surface area (Å²) >= 11 is 1.88. The molecule has 0 radical (unpaired) electrons. The van der Waals surface area contributed by atoms with Crippen LogP contribution in [0.15, 0.2) is 279 Å². The number of aryl methyl sites for hydroxylation is 2. The number of aromatic nitrogens is 2. The Morgan fingerprint density at radius 2 is 0.582 bits per heavy atom. The molecule has 3 heterocycles. The molecular weight excluding hydrogens is 977 g/mol. The fourth-order valence-electron chi connectivity index (χ4n) is 12.2. The Balaban J connectivity index is 0.742. The molecule has 374 valence electrons. The Bertz CT molecular complexity index is 4420. The van der Waals surface area contributed by atoms with Crippen LogP contribution in [0, 0.1) is 13.8 Å². The minimum atomic E-state index is 1.12. The van der Waals surface area contributed by atoms with E-state index in [0.717, 1.165) is 34.1 Å². The highest BCUT2D eigenvalue weighted by Gasteiger charge is 2.21. The van der Waals surface area contributed by atoms with Gasteiger partial charge in [-0.3, -0.25) is 0 Å². The third-order valence-electron chi connectivity index (χ3n) is 15.9. The van der Waals surface area contributed by atoms with Crippen molar-refractivity contribution >= 4 is 109 Å². The van der Waals surface area contributed by atoms with Crippen LogP contribution in [0.1, 0.15) is 11.1 Å². The third kappa shape index (κ3) is 7.89. The molecule has 5 heteroatoms. The maximum Gasteiger partial charge on any atom is 0.0542 e. The molecule has 12 aromatic carbocycles. The molecular formula is C74H52N4S. The Hall–Kier alpha value is -9.94. The lowest BCUT2D eigenvalue weighted by molar-refractivity contribution is 1.15. The summed E-state index contributed by atoms with van der Waals surface area (Å²) in [4.78, 5) is 4.68. The van der Waals surface area contributed by atoms with Gasteiger partial charge >= 0.3 is 0 Å². The van der Waals surface area contributed by atoms with Gasteiger partial charge in [0.25, 0.3) is 0 Å². The summed E-state index contributed by atoms with van der Waals surface area (Å²) in [6.45, 7) is 4.50. The van der Waals surface area contributed by atoms with Crippen molar-refractivity contribution in [3.8, 4) is 33.6 Å². The van der Waals surface area contributed by atoms with Gasteiger partial charge in [0, 0.05) is 87.2 Å². The summed E-state index contributed by atoms with van der Waals surface area (Å²) < 4.78 is 7.47. The zero-order chi connectivity index (χ0) is 52.6. The van der Waals surface area contributed by atoms with Crippen molar-refractivity contribution in [2.24, 2.45) is 0 Å². The number of para-hydroxylation sites is 6. The van der Waals surface area contributed by atoms with Crippen LogP contribution in [-0.4, -0.2) is 9.13 Å². The molecule has 79 heavy (non-hydrogen) atoms. The summed E-state index contributed by atoms with van der Waals surface area (Å²) in [5.74, 6) is 0. The number of rotatable bonds is 10. The van der Waals surface area contributed by atoms with Crippen LogP contribution in [0.5, 0.6) is 0 Å². The second-order valence-corrected chi connectivity index (χ2v) is 21.7. The van der Waals surface area contributed by atoms with Gasteiger partial charge in [0.1, 0.15) is 0 Å². The maximum atomic E-state index is 2.44. The van der Waals surface area contributed by atoms with Crippen LogP contribution in [0.2, 0.25) is 0 Å². The van der Waals surface area contributed by atoms with Crippen molar-refractivity contribution in [3.05, 3.63) is 290 Å². The fraction of sp³-hybridized carbons (Fsp3) is 0.0270. The normalized spacial score (nSPS) is 11.7. The first-order valence-corrected chi connectivity index (χ1v) is 27.9. The molecule has 0 fully saturated rings. The maximum absolute atomic E-state index is 2.44. The number of thiophene rings is 1. The number of benzene rings is 12. The Morgan fingerprint density at radius 1 is 0.253 bits per heavy atom. The Kier molecular flexibility index (Phi) is 11.1. The van der Waals surface area contributed by atoms with Crippen molar-refractivity contribution < 1.29 is 0 Å². The summed E-state index contributed by atoms with van der Waals surface area (Å²) in [6, 6.07) is 102. The minimum Gasteiger partial charge on any atom is -0.310 e. The second kappa shape index (κ2) is 19.0. The van der Waals surface area contributed by atoms with E-state index in [0.29, 0.717) is 0 Å². The van der Waals surface area contributed by atoms with Gasteiger partial charge < -0.3 is 18.9 Å². The highest BCUT2D eigenvalue weighted by Crippen LogP contribution is 2.44. The summed E-state index contributed by atoms with van der Waals surface area (Å²) in [7, 11) is 0. The quantitative estimate of drug-likeness (QED) is 0.136. The zero-order valence-electron chi connectivity index (χ0n) is 43.8. The number of hydrogen-bond donors (Lipinski definition) is 0. The highest BCUT2D eigenvalue weighted by molar-refractivity contribution is 7.25. The monoisotopic (exact) mass is 1030 g/mol. The first kappa shape index (κ1) is 46.4. The van der Waals surface area contributed by atoms with Gasteiger partial charge in [-0.1, -0.05) is 146 Å². The van der Waals surface area contributed by atoms with Gasteiger partial charge in [0.15, 0.2) is 0 Å². The number of anilines is 6. The van der Waals surface area contributed by atoms with Crippen LogP contribution in [0.25, 0.3) is 97.4 Å². The average Bonchev–Trinajstić information content (AvgIpc) is 4.38. The first-order chi connectivity index (χ1) is 39.0. The molecule has 0 spiro atoms. The lowest BCUT2D eigenvalue weighted by Gasteiger charge is -2.25. The van der Waals surface area contributed by atoms with Gasteiger partial charge in [-0.15, -0.1) is 11.3 Å². The predicted molar refractivity (Wildman–Crippen MR) is 338 cm³/mol. The molecule has 15 rings (SSSR count). The number of nitrogens with zero attached hydrogens (tertiary/aromatic N) is 4. The van der Waals surface area contributed by atoms with E-state index < -0.39 is 0 Å². The lowest BCUT2D eigenvalue weighted by Crippen LogP contribution is -2.09. The number of fused-ring (bicyclic) bond motifs is 9. The average molecular weight is 1030 g/mol. The standard InChI is InChI=1S/C74H52N4S/c1-49-43-51(33-39-67(49)77-69-29-17-15-27-61(69)65-47-59(35-41-71(65)77)75(55-19-7-3-8-20-55)56-21-9-4-10-22-56)53-31-37-63-64-38-32-54(46-74(64)79-73(63)45-53)52-34-40-68(50(2)44-52)78-70-30-18-16-28-62(70)66-48-60(36-42-72(66)78)76(57-23-11-5-12-24-57)58-25-13-6-14-26-58/h3-48H,1-2H3. The van der Waals surface area contributed by atoms with E-state index >= 15 is 0 Å². The second-order valence-electron chi connectivity index (χ2n) is 20.6.